The number of nitrogens with zero attached hydrogens (tertiary/aromatic N) is 3. The highest BCUT2D eigenvalue weighted by atomic mass is 16.5. The minimum absolute atomic E-state index is 0.278. The lowest BCUT2D eigenvalue weighted by molar-refractivity contribution is -0.189. The van der Waals surface area contributed by atoms with E-state index in [1.807, 2.05) is 6.07 Å². The van der Waals surface area contributed by atoms with Crippen LogP contribution >= 0.6 is 0 Å². The topological polar surface area (TPSA) is 147 Å². The van der Waals surface area contributed by atoms with Crippen molar-refractivity contribution in [2.75, 3.05) is 13.7 Å². The average Bonchev–Trinajstić information content (AvgIpc) is 3.37. The van der Waals surface area contributed by atoms with Crippen LogP contribution in [0.4, 0.5) is 0 Å². The molecule has 32 heavy (non-hydrogen) atoms. The summed E-state index contributed by atoms with van der Waals surface area (Å²) in [6, 6.07) is 12.2. The van der Waals surface area contributed by atoms with Crippen LogP contribution in [0.2, 0.25) is 0 Å². The third-order valence-electron chi connectivity index (χ3n) is 5.40. The zero-order valence-corrected chi connectivity index (χ0v) is 17.1. The summed E-state index contributed by atoms with van der Waals surface area (Å²) in [6.45, 7) is -0.538. The second kappa shape index (κ2) is 8.97. The van der Waals surface area contributed by atoms with E-state index < -0.39 is 36.8 Å². The molecule has 1 amide bonds. The fraction of sp³-hybridized carbons (Fsp3) is 0.273. The van der Waals surface area contributed by atoms with Crippen molar-refractivity contribution in [2.45, 2.75) is 24.4 Å². The molecule has 0 spiro atoms. The smallest absolute Gasteiger partial charge is 0.253 e. The number of hydrogen-bond acceptors (Lipinski definition) is 8. The van der Waals surface area contributed by atoms with Gasteiger partial charge < -0.3 is 25.4 Å². The highest BCUT2D eigenvalue weighted by Gasteiger charge is 2.43. The van der Waals surface area contributed by atoms with Crippen LogP contribution < -0.4 is 5.32 Å². The molecule has 1 aliphatic heterocycles. The summed E-state index contributed by atoms with van der Waals surface area (Å²) >= 11 is 0. The second-order valence-electron chi connectivity index (χ2n) is 7.35. The zero-order chi connectivity index (χ0) is 22.8. The van der Waals surface area contributed by atoms with Crippen LogP contribution in [0.5, 0.6) is 0 Å². The van der Waals surface area contributed by atoms with Crippen molar-refractivity contribution in [1.29, 1.82) is 0 Å². The average molecular weight is 438 g/mol. The highest BCUT2D eigenvalue weighted by molar-refractivity contribution is 5.98. The molecule has 1 saturated heterocycles. The van der Waals surface area contributed by atoms with Gasteiger partial charge in [0.05, 0.1) is 17.9 Å². The lowest BCUT2D eigenvalue weighted by Crippen LogP contribution is -2.53. The first-order chi connectivity index (χ1) is 15.4. The fourth-order valence-corrected chi connectivity index (χ4v) is 3.68. The van der Waals surface area contributed by atoms with Gasteiger partial charge in [-0.1, -0.05) is 24.3 Å². The minimum atomic E-state index is -1.65. The molecule has 10 heteroatoms. The van der Waals surface area contributed by atoms with Gasteiger partial charge >= 0.3 is 0 Å². The number of benzene rings is 2. The number of hydrogen-bond donors (Lipinski definition) is 4. The van der Waals surface area contributed by atoms with Crippen LogP contribution in [0.15, 0.2) is 55.1 Å². The zero-order valence-electron chi connectivity index (χ0n) is 17.1. The van der Waals surface area contributed by atoms with E-state index in [0.29, 0.717) is 16.8 Å². The quantitative estimate of drug-likeness (QED) is 0.436. The lowest BCUT2D eigenvalue weighted by Gasteiger charge is -2.35. The number of ketones is 1. The van der Waals surface area contributed by atoms with Gasteiger partial charge in [0.25, 0.3) is 5.91 Å². The van der Waals surface area contributed by atoms with E-state index in [2.05, 4.69) is 15.4 Å². The Morgan fingerprint density at radius 1 is 1.19 bits per heavy atom. The minimum Gasteiger partial charge on any atom is -0.394 e. The van der Waals surface area contributed by atoms with E-state index in [4.69, 9.17) is 4.74 Å². The molecule has 0 radical (unpaired) electrons. The van der Waals surface area contributed by atoms with Gasteiger partial charge in [0.2, 0.25) is 0 Å². The number of carbonyl (C=O) groups is 2. The van der Waals surface area contributed by atoms with Gasteiger partial charge in [0.1, 0.15) is 37.1 Å². The van der Waals surface area contributed by atoms with E-state index in [1.165, 1.54) is 24.4 Å². The number of carbonyl (C=O) groups excluding carboxylic acids is 2. The molecule has 0 saturated carbocycles. The predicted octanol–water partition coefficient (Wildman–Crippen LogP) is 0.0170. The normalized spacial score (nSPS) is 23.2. The number of rotatable bonds is 5. The van der Waals surface area contributed by atoms with E-state index in [0.717, 1.165) is 11.1 Å². The number of Topliss-reactive ketones (excluding diaryl/α,β-unsaturated/α-hetero) is 1. The van der Waals surface area contributed by atoms with Crippen molar-refractivity contribution < 1.29 is 29.6 Å². The van der Waals surface area contributed by atoms with Gasteiger partial charge in [-0.05, 0) is 34.9 Å². The van der Waals surface area contributed by atoms with Gasteiger partial charge in [0, 0.05) is 7.05 Å². The molecule has 4 N–H and O–H groups in total. The second-order valence-corrected chi connectivity index (χ2v) is 7.35. The molecule has 3 aromatic rings. The lowest BCUT2D eigenvalue weighted by atomic mass is 9.91. The Morgan fingerprint density at radius 3 is 2.66 bits per heavy atom. The first-order valence-corrected chi connectivity index (χ1v) is 9.92. The molecule has 4 unspecified atom stereocenters. The predicted molar refractivity (Wildman–Crippen MR) is 112 cm³/mol. The first kappa shape index (κ1) is 21.8. The Balaban J connectivity index is 1.73. The standard InChI is InChI=1S/C22H22N4O6/c1-23-22(31)15-6-5-13(8-16(15)26-11-24-10-25-26)12-3-2-4-14(7-12)21-20(30)19(29)18(28)17(9-27)32-21/h2-8,10-11,17-19,21,27-29H,9H2,1H3,(H,23,31). The SMILES string of the molecule is CNC(=O)c1ccc(-c2cccc(C3OC(CO)C(O)C(O)C3=O)c2)cc1-n1cncn1. The van der Waals surface area contributed by atoms with Gasteiger partial charge in [-0.25, -0.2) is 9.67 Å². The van der Waals surface area contributed by atoms with E-state index >= 15 is 0 Å². The summed E-state index contributed by atoms with van der Waals surface area (Å²) < 4.78 is 7.05. The van der Waals surface area contributed by atoms with E-state index in [-0.39, 0.29) is 5.91 Å². The molecule has 2 aromatic carbocycles. The van der Waals surface area contributed by atoms with Gasteiger partial charge in [-0.3, -0.25) is 9.59 Å². The molecule has 0 bridgehead atoms. The third kappa shape index (κ3) is 3.92. The van der Waals surface area contributed by atoms with Crippen LogP contribution in [-0.4, -0.2) is 73.7 Å². The summed E-state index contributed by atoms with van der Waals surface area (Å²) in [4.78, 5) is 28.8. The Labute approximate surface area is 183 Å². The molecule has 0 aliphatic carbocycles. The molecule has 1 aromatic heterocycles. The first-order valence-electron chi connectivity index (χ1n) is 9.92. The monoisotopic (exact) mass is 438 g/mol. The molecule has 1 fully saturated rings. The summed E-state index contributed by atoms with van der Waals surface area (Å²) in [7, 11) is 1.54. The van der Waals surface area contributed by atoms with Gasteiger partial charge in [-0.15, -0.1) is 0 Å². The maximum atomic E-state index is 12.5. The third-order valence-corrected chi connectivity index (χ3v) is 5.40. The molecular formula is C22H22N4O6. The molecule has 1 aliphatic rings. The number of aliphatic hydroxyl groups excluding tert-OH is 3. The van der Waals surface area contributed by atoms with Gasteiger partial charge in [-0.2, -0.15) is 5.10 Å². The van der Waals surface area contributed by atoms with Crippen molar-refractivity contribution >= 4 is 11.7 Å². The fourth-order valence-electron chi connectivity index (χ4n) is 3.68. The molecule has 4 rings (SSSR count). The molecule has 10 nitrogen and oxygen atoms in total. The molecular weight excluding hydrogens is 416 g/mol. The largest absolute Gasteiger partial charge is 0.394 e. The molecule has 2 heterocycles. The molecule has 4 atom stereocenters. The number of aromatic nitrogens is 3. The summed E-state index contributed by atoms with van der Waals surface area (Å²) in [5, 5.41) is 36.1. The van der Waals surface area contributed by atoms with Crippen LogP contribution in [0.1, 0.15) is 22.0 Å². The van der Waals surface area contributed by atoms with Crippen molar-refractivity contribution in [3.63, 3.8) is 0 Å². The number of nitrogens with one attached hydrogen (secondary N) is 1. The van der Waals surface area contributed by atoms with E-state index in [9.17, 15) is 24.9 Å². The highest BCUT2D eigenvalue weighted by Crippen LogP contribution is 2.32. The van der Waals surface area contributed by atoms with Crippen molar-refractivity contribution in [2.24, 2.45) is 0 Å². The van der Waals surface area contributed by atoms with Crippen LogP contribution in [0.3, 0.4) is 0 Å². The Kier molecular flexibility index (Phi) is 6.10. The summed E-state index contributed by atoms with van der Waals surface area (Å²) in [5.74, 6) is -0.961. The Morgan fingerprint density at radius 2 is 1.97 bits per heavy atom. The van der Waals surface area contributed by atoms with Crippen LogP contribution in [0, 0.1) is 0 Å². The maximum absolute atomic E-state index is 12.5. The Hall–Kier alpha value is -3.44. The van der Waals surface area contributed by atoms with Crippen molar-refractivity contribution in [3.8, 4) is 16.8 Å². The Bertz CT molecular complexity index is 1130. The molecule has 166 valence electrons. The number of aliphatic hydroxyl groups is 3. The number of amides is 1. The van der Waals surface area contributed by atoms with Crippen LogP contribution in [0.25, 0.3) is 16.8 Å². The summed E-state index contributed by atoms with van der Waals surface area (Å²) in [5.41, 5.74) is 2.87. The van der Waals surface area contributed by atoms with Crippen molar-refractivity contribution in [3.05, 3.63) is 66.2 Å². The summed E-state index contributed by atoms with van der Waals surface area (Å²) in [6.07, 6.45) is -2.51. The van der Waals surface area contributed by atoms with Gasteiger partial charge in [0.15, 0.2) is 5.78 Å². The van der Waals surface area contributed by atoms with Crippen molar-refractivity contribution in [1.82, 2.24) is 20.1 Å². The van der Waals surface area contributed by atoms with Crippen LogP contribution in [-0.2, 0) is 9.53 Å². The maximum Gasteiger partial charge on any atom is 0.253 e. The number of ether oxygens (including phenoxy) is 1. The van der Waals surface area contributed by atoms with E-state index in [1.54, 1.807) is 36.4 Å².